The number of halogens is 1. The van der Waals surface area contributed by atoms with E-state index in [-0.39, 0.29) is 0 Å². The highest BCUT2D eigenvalue weighted by Crippen LogP contribution is 2.04. The van der Waals surface area contributed by atoms with Crippen molar-refractivity contribution in [3.05, 3.63) is 0 Å². The van der Waals surface area contributed by atoms with Gasteiger partial charge in [0.25, 0.3) is 0 Å². The van der Waals surface area contributed by atoms with Gasteiger partial charge in [-0.05, 0) is 18.9 Å². The highest BCUT2D eigenvalue weighted by Gasteiger charge is 2.09. The molecule has 0 fully saturated rings. The molecule has 0 heterocycles. The fraction of sp³-hybridized carbons (Fsp3) is 1.00. The van der Waals surface area contributed by atoms with Gasteiger partial charge in [-0.15, -0.1) is 0 Å². The maximum absolute atomic E-state index is 4.97. The lowest BCUT2D eigenvalue weighted by Crippen LogP contribution is -2.36. The predicted molar refractivity (Wildman–Crippen MR) is 56.9 cm³/mol. The Labute approximate surface area is 84.2 Å². The van der Waals surface area contributed by atoms with Gasteiger partial charge >= 0.3 is 0 Å². The molecule has 0 aliphatic heterocycles. The van der Waals surface area contributed by atoms with Crippen LogP contribution in [0.15, 0.2) is 0 Å². The molecule has 2 nitrogen and oxygen atoms in total. The number of rotatable bonds is 7. The minimum atomic E-state index is 0.585. The van der Waals surface area contributed by atoms with Crippen molar-refractivity contribution < 1.29 is 4.74 Å². The Morgan fingerprint density at radius 1 is 1.42 bits per heavy atom. The third-order valence-electron chi connectivity index (χ3n) is 1.90. The maximum Gasteiger partial charge on any atom is 0.0474 e. The minimum Gasteiger partial charge on any atom is -0.385 e. The maximum atomic E-state index is 4.97. The fourth-order valence-corrected chi connectivity index (χ4v) is 1.95. The molecule has 0 amide bonds. The van der Waals surface area contributed by atoms with Crippen molar-refractivity contribution in [2.75, 3.05) is 25.6 Å². The first-order chi connectivity index (χ1) is 5.72. The Kier molecular flexibility index (Phi) is 8.29. The van der Waals surface area contributed by atoms with Crippen molar-refractivity contribution in [3.8, 4) is 0 Å². The fourth-order valence-electron chi connectivity index (χ4n) is 0.972. The summed E-state index contributed by atoms with van der Waals surface area (Å²) in [5.74, 6) is 0.687. The predicted octanol–water partition coefficient (Wildman–Crippen LogP) is 2.03. The molecule has 1 atom stereocenters. The summed E-state index contributed by atoms with van der Waals surface area (Å²) < 4.78 is 4.97. The second kappa shape index (κ2) is 8.02. The van der Waals surface area contributed by atoms with E-state index in [2.05, 4.69) is 35.1 Å². The van der Waals surface area contributed by atoms with Crippen LogP contribution in [0.1, 0.15) is 20.3 Å². The van der Waals surface area contributed by atoms with Crippen molar-refractivity contribution in [1.82, 2.24) is 5.32 Å². The van der Waals surface area contributed by atoms with Gasteiger partial charge in [0.05, 0.1) is 0 Å². The number of nitrogens with one attached hydrogen (secondary N) is 1. The van der Waals surface area contributed by atoms with Crippen LogP contribution in [0.5, 0.6) is 0 Å². The lowest BCUT2D eigenvalue weighted by atomic mass is 10.1. The molecule has 74 valence electrons. The van der Waals surface area contributed by atoms with E-state index >= 15 is 0 Å². The van der Waals surface area contributed by atoms with Crippen LogP contribution in [-0.4, -0.2) is 31.6 Å². The average Bonchev–Trinajstić information content (AvgIpc) is 2.04. The van der Waals surface area contributed by atoms with E-state index in [4.69, 9.17) is 4.74 Å². The van der Waals surface area contributed by atoms with Gasteiger partial charge in [-0.3, -0.25) is 0 Å². The summed E-state index contributed by atoms with van der Waals surface area (Å²) in [4.78, 5) is 0. The summed E-state index contributed by atoms with van der Waals surface area (Å²) in [6, 6.07) is 0.585. The third kappa shape index (κ3) is 5.98. The van der Waals surface area contributed by atoms with Gasteiger partial charge in [0.2, 0.25) is 0 Å². The van der Waals surface area contributed by atoms with Crippen LogP contribution in [0.4, 0.5) is 0 Å². The van der Waals surface area contributed by atoms with E-state index in [9.17, 15) is 0 Å². The summed E-state index contributed by atoms with van der Waals surface area (Å²) in [6.07, 6.45) is 1.09. The zero-order valence-electron chi connectivity index (χ0n) is 8.27. The van der Waals surface area contributed by atoms with Gasteiger partial charge in [-0.1, -0.05) is 29.8 Å². The molecule has 0 bridgehead atoms. The molecule has 0 aromatic rings. The molecule has 0 rings (SSSR count). The third-order valence-corrected chi connectivity index (χ3v) is 2.60. The quantitative estimate of drug-likeness (QED) is 0.541. The monoisotopic (exact) mass is 237 g/mol. The van der Waals surface area contributed by atoms with Crippen LogP contribution in [0, 0.1) is 5.92 Å². The molecule has 0 aromatic carbocycles. The van der Waals surface area contributed by atoms with Crippen LogP contribution in [-0.2, 0) is 4.74 Å². The van der Waals surface area contributed by atoms with Gasteiger partial charge in [0.15, 0.2) is 0 Å². The van der Waals surface area contributed by atoms with E-state index in [0.29, 0.717) is 12.0 Å². The number of methoxy groups -OCH3 is 1. The van der Waals surface area contributed by atoms with Gasteiger partial charge in [0.1, 0.15) is 0 Å². The first-order valence-electron chi connectivity index (χ1n) is 4.50. The lowest BCUT2D eigenvalue weighted by molar-refractivity contribution is 0.192. The molecule has 0 saturated carbocycles. The van der Waals surface area contributed by atoms with Crippen LogP contribution < -0.4 is 5.32 Å². The molecule has 12 heavy (non-hydrogen) atoms. The highest BCUT2D eigenvalue weighted by molar-refractivity contribution is 9.09. The molecular weight excluding hydrogens is 218 g/mol. The van der Waals surface area contributed by atoms with Crippen LogP contribution in [0.3, 0.4) is 0 Å². The molecule has 0 spiro atoms. The number of hydrogen-bond acceptors (Lipinski definition) is 2. The first kappa shape index (κ1) is 12.4. The van der Waals surface area contributed by atoms with Crippen molar-refractivity contribution >= 4 is 15.9 Å². The minimum absolute atomic E-state index is 0.585. The molecule has 0 saturated heterocycles. The Morgan fingerprint density at radius 2 is 2.08 bits per heavy atom. The summed E-state index contributed by atoms with van der Waals surface area (Å²) in [5, 5.41) is 4.50. The molecule has 1 N–H and O–H groups in total. The highest BCUT2D eigenvalue weighted by atomic mass is 79.9. The van der Waals surface area contributed by atoms with Crippen molar-refractivity contribution in [2.45, 2.75) is 26.3 Å². The SMILES string of the molecule is COCCCNC(CBr)C(C)C. The molecule has 3 heteroatoms. The Hall–Kier alpha value is 0.400. The number of alkyl halides is 1. The number of hydrogen-bond donors (Lipinski definition) is 1. The van der Waals surface area contributed by atoms with Gasteiger partial charge < -0.3 is 10.1 Å². The first-order valence-corrected chi connectivity index (χ1v) is 5.62. The Morgan fingerprint density at radius 3 is 2.50 bits per heavy atom. The van der Waals surface area contributed by atoms with Gasteiger partial charge in [-0.25, -0.2) is 0 Å². The summed E-state index contributed by atoms with van der Waals surface area (Å²) in [5.41, 5.74) is 0. The van der Waals surface area contributed by atoms with Crippen LogP contribution in [0.25, 0.3) is 0 Å². The Bertz CT molecular complexity index is 98.5. The van der Waals surface area contributed by atoms with Crippen LogP contribution in [0.2, 0.25) is 0 Å². The van der Waals surface area contributed by atoms with E-state index in [1.165, 1.54) is 0 Å². The second-order valence-electron chi connectivity index (χ2n) is 3.31. The molecule has 1 unspecified atom stereocenters. The molecule has 0 aromatic heterocycles. The van der Waals surface area contributed by atoms with Crippen LogP contribution >= 0.6 is 15.9 Å². The van der Waals surface area contributed by atoms with Crippen molar-refractivity contribution in [1.29, 1.82) is 0 Å². The van der Waals surface area contributed by atoms with Crippen molar-refractivity contribution in [2.24, 2.45) is 5.92 Å². The zero-order valence-corrected chi connectivity index (χ0v) is 9.86. The van der Waals surface area contributed by atoms with Gasteiger partial charge in [0, 0.05) is 25.1 Å². The Balaban J connectivity index is 3.32. The standard InChI is InChI=1S/C9H20BrNO/c1-8(2)9(7-10)11-5-4-6-12-3/h8-9,11H,4-7H2,1-3H3. The molecule has 0 aliphatic rings. The average molecular weight is 238 g/mol. The lowest BCUT2D eigenvalue weighted by Gasteiger charge is -2.19. The second-order valence-corrected chi connectivity index (χ2v) is 3.95. The van der Waals surface area contributed by atoms with Gasteiger partial charge in [-0.2, -0.15) is 0 Å². The van der Waals surface area contributed by atoms with Crippen molar-refractivity contribution in [3.63, 3.8) is 0 Å². The molecule has 0 radical (unpaired) electrons. The normalized spacial score (nSPS) is 13.8. The van der Waals surface area contributed by atoms with E-state index in [1.54, 1.807) is 7.11 Å². The molecular formula is C9H20BrNO. The summed E-state index contributed by atoms with van der Waals surface area (Å²) in [7, 11) is 1.74. The largest absolute Gasteiger partial charge is 0.385 e. The van der Waals surface area contributed by atoms with E-state index in [0.717, 1.165) is 24.9 Å². The zero-order chi connectivity index (χ0) is 9.40. The molecule has 0 aliphatic carbocycles. The smallest absolute Gasteiger partial charge is 0.0474 e. The summed E-state index contributed by atoms with van der Waals surface area (Å²) in [6.45, 7) is 6.35. The number of ether oxygens (including phenoxy) is 1. The van der Waals surface area contributed by atoms with E-state index < -0.39 is 0 Å². The topological polar surface area (TPSA) is 21.3 Å². The summed E-state index contributed by atoms with van der Waals surface area (Å²) >= 11 is 3.49. The van der Waals surface area contributed by atoms with E-state index in [1.807, 2.05) is 0 Å².